The molecule has 0 aromatic rings. The van der Waals surface area contributed by atoms with Gasteiger partial charge in [0.05, 0.1) is 0 Å². The Hall–Kier alpha value is -1.28. The molecule has 0 aliphatic carbocycles. The van der Waals surface area contributed by atoms with E-state index in [1.54, 1.807) is 6.08 Å². The van der Waals surface area contributed by atoms with Crippen molar-refractivity contribution >= 4 is 0 Å². The van der Waals surface area contributed by atoms with E-state index in [9.17, 15) is 26.3 Å². The molecule has 2 nitrogen and oxygen atoms in total. The van der Waals surface area contributed by atoms with E-state index in [0.717, 1.165) is 37.0 Å². The summed E-state index contributed by atoms with van der Waals surface area (Å²) >= 11 is 0. The Balaban J connectivity index is 4.92. The Kier molecular flexibility index (Phi) is 9.50. The normalized spacial score (nSPS) is 14.2. The molecule has 146 valence electrons. The van der Waals surface area contributed by atoms with Crippen LogP contribution < -0.4 is 0 Å². The molecule has 0 spiro atoms. The average Bonchev–Trinajstić information content (AvgIpc) is 2.41. The van der Waals surface area contributed by atoms with Crippen LogP contribution in [-0.2, 0) is 9.47 Å². The van der Waals surface area contributed by atoms with Crippen LogP contribution >= 0.6 is 0 Å². The minimum atomic E-state index is -4.67. The van der Waals surface area contributed by atoms with E-state index in [1.807, 2.05) is 26.8 Å². The van der Waals surface area contributed by atoms with Crippen molar-refractivity contribution in [2.75, 3.05) is 13.2 Å². The molecule has 0 atom stereocenters. The summed E-state index contributed by atoms with van der Waals surface area (Å²) in [6.07, 6.45) is -1.82. The Morgan fingerprint density at radius 1 is 0.880 bits per heavy atom. The summed E-state index contributed by atoms with van der Waals surface area (Å²) in [5.41, 5.74) is 2.08. The first-order valence-electron chi connectivity index (χ1n) is 7.62. The molecule has 25 heavy (non-hydrogen) atoms. The molecule has 0 fully saturated rings. The van der Waals surface area contributed by atoms with E-state index < -0.39 is 31.4 Å². The van der Waals surface area contributed by atoms with Crippen molar-refractivity contribution in [2.45, 2.75) is 58.7 Å². The van der Waals surface area contributed by atoms with Gasteiger partial charge >= 0.3 is 12.4 Å². The van der Waals surface area contributed by atoms with Crippen LogP contribution in [0.3, 0.4) is 0 Å². The Morgan fingerprint density at radius 2 is 1.36 bits per heavy atom. The van der Waals surface area contributed by atoms with Gasteiger partial charge in [-0.05, 0) is 46.6 Å². The predicted molar refractivity (Wildman–Crippen MR) is 84.0 cm³/mol. The highest BCUT2D eigenvalue weighted by Crippen LogP contribution is 2.25. The Bertz CT molecular complexity index is 464. The molecule has 0 aromatic carbocycles. The molecule has 0 saturated heterocycles. The van der Waals surface area contributed by atoms with Crippen molar-refractivity contribution < 1.29 is 35.8 Å². The monoisotopic (exact) mass is 374 g/mol. The van der Waals surface area contributed by atoms with Gasteiger partial charge in [0.25, 0.3) is 0 Å². The number of hydrogen-bond donors (Lipinski definition) is 0. The fourth-order valence-corrected chi connectivity index (χ4v) is 1.65. The highest BCUT2D eigenvalue weighted by atomic mass is 19.4. The lowest BCUT2D eigenvalue weighted by Crippen LogP contribution is -2.37. The molecule has 8 heteroatoms. The third-order valence-corrected chi connectivity index (χ3v) is 2.92. The van der Waals surface area contributed by atoms with Gasteiger partial charge in [0.2, 0.25) is 0 Å². The third-order valence-electron chi connectivity index (χ3n) is 2.92. The van der Waals surface area contributed by atoms with Crippen LogP contribution in [0.4, 0.5) is 26.3 Å². The fraction of sp³-hybridized carbons (Fsp3) is 0.647. The molecule has 0 amide bonds. The van der Waals surface area contributed by atoms with Crippen LogP contribution in [0.1, 0.15) is 40.5 Å². The van der Waals surface area contributed by atoms with Gasteiger partial charge in [-0.3, -0.25) is 0 Å². The van der Waals surface area contributed by atoms with E-state index in [0.29, 0.717) is 0 Å². The quantitative estimate of drug-likeness (QED) is 0.210. The highest BCUT2D eigenvalue weighted by Gasteiger charge is 2.37. The first kappa shape index (κ1) is 23.7. The summed E-state index contributed by atoms with van der Waals surface area (Å²) in [7, 11) is 0. The van der Waals surface area contributed by atoms with Gasteiger partial charge in [-0.2, -0.15) is 26.3 Å². The minimum absolute atomic E-state index is 0.721. The molecule has 0 radical (unpaired) electrons. The second kappa shape index (κ2) is 10.0. The number of alkyl halides is 6. The number of halogens is 6. The van der Waals surface area contributed by atoms with Crippen LogP contribution in [0.2, 0.25) is 0 Å². The van der Waals surface area contributed by atoms with Crippen molar-refractivity contribution in [1.29, 1.82) is 0 Å². The van der Waals surface area contributed by atoms with Gasteiger partial charge in [-0.15, -0.1) is 0 Å². The number of hydrogen-bond acceptors (Lipinski definition) is 2. The maximum absolute atomic E-state index is 12.3. The Morgan fingerprint density at radius 3 is 1.76 bits per heavy atom. The van der Waals surface area contributed by atoms with Gasteiger partial charge in [-0.1, -0.05) is 29.4 Å². The summed E-state index contributed by atoms with van der Waals surface area (Å²) in [6, 6.07) is 0. The maximum Gasteiger partial charge on any atom is 0.411 e. The largest absolute Gasteiger partial charge is 0.411 e. The van der Waals surface area contributed by atoms with Gasteiger partial charge < -0.3 is 9.47 Å². The summed E-state index contributed by atoms with van der Waals surface area (Å²) < 4.78 is 82.6. The fourth-order valence-electron chi connectivity index (χ4n) is 1.65. The summed E-state index contributed by atoms with van der Waals surface area (Å²) in [4.78, 5) is 0. The van der Waals surface area contributed by atoms with Gasteiger partial charge in [-0.25, -0.2) is 0 Å². The first-order chi connectivity index (χ1) is 11.2. The zero-order valence-corrected chi connectivity index (χ0v) is 14.7. The second-order valence-electron chi connectivity index (χ2n) is 6.02. The summed E-state index contributed by atoms with van der Waals surface area (Å²) in [5, 5.41) is 0. The lowest BCUT2D eigenvalue weighted by atomic mass is 10.1. The van der Waals surface area contributed by atoms with Crippen molar-refractivity contribution in [3.63, 3.8) is 0 Å². The van der Waals surface area contributed by atoms with Gasteiger partial charge in [0, 0.05) is 0 Å². The molecule has 0 saturated carbocycles. The molecule has 0 bridgehead atoms. The Labute approximate surface area is 144 Å². The lowest BCUT2D eigenvalue weighted by molar-refractivity contribution is -0.284. The second-order valence-corrected chi connectivity index (χ2v) is 6.02. The minimum Gasteiger partial charge on any atom is -0.337 e. The lowest BCUT2D eigenvalue weighted by Gasteiger charge is -2.28. The van der Waals surface area contributed by atoms with Crippen LogP contribution in [0.5, 0.6) is 0 Å². The number of rotatable bonds is 9. The smallest absolute Gasteiger partial charge is 0.337 e. The molecule has 0 heterocycles. The maximum atomic E-state index is 12.3. The van der Waals surface area contributed by atoms with E-state index in [4.69, 9.17) is 0 Å². The van der Waals surface area contributed by atoms with E-state index in [-0.39, 0.29) is 0 Å². The predicted octanol–water partition coefficient (Wildman–Crippen LogP) is 6.11. The van der Waals surface area contributed by atoms with Gasteiger partial charge in [0.15, 0.2) is 5.79 Å². The van der Waals surface area contributed by atoms with Crippen molar-refractivity contribution in [1.82, 2.24) is 0 Å². The van der Waals surface area contributed by atoms with Crippen LogP contribution in [0.25, 0.3) is 0 Å². The molecular formula is C17H24F6O2. The first-order valence-corrected chi connectivity index (χ1v) is 7.62. The van der Waals surface area contributed by atoms with Crippen molar-refractivity contribution in [3.05, 3.63) is 35.5 Å². The topological polar surface area (TPSA) is 18.5 Å². The molecule has 0 aliphatic heterocycles. The highest BCUT2D eigenvalue weighted by molar-refractivity contribution is 5.13. The van der Waals surface area contributed by atoms with Crippen molar-refractivity contribution in [2.24, 2.45) is 0 Å². The average molecular weight is 374 g/mol. The molecule has 0 N–H and O–H groups in total. The molecular weight excluding hydrogens is 350 g/mol. The SMILES string of the molecule is CC(C)=CCC/C(C)=C/C=C/C(C)(OCC(F)(F)F)OCC(F)(F)F. The molecule has 0 aromatic heterocycles. The zero-order valence-electron chi connectivity index (χ0n) is 14.7. The van der Waals surface area contributed by atoms with E-state index in [1.165, 1.54) is 6.08 Å². The van der Waals surface area contributed by atoms with Crippen LogP contribution in [0, 0.1) is 0 Å². The number of ether oxygens (including phenoxy) is 2. The standard InChI is InChI=1S/C17H24F6O2/c1-13(2)7-5-8-14(3)9-6-10-15(4,24-11-16(18,19)20)25-12-17(21,22)23/h6-7,9-10H,5,8,11-12H2,1-4H3/b10-6+,14-9+. The molecule has 0 aliphatic rings. The van der Waals surface area contributed by atoms with Crippen molar-refractivity contribution in [3.8, 4) is 0 Å². The summed E-state index contributed by atoms with van der Waals surface area (Å²) in [6.45, 7) is 3.31. The molecule has 0 rings (SSSR count). The van der Waals surface area contributed by atoms with E-state index >= 15 is 0 Å². The number of allylic oxidation sites excluding steroid dienone is 5. The van der Waals surface area contributed by atoms with Gasteiger partial charge in [0.1, 0.15) is 13.2 Å². The third kappa shape index (κ3) is 14.7. The summed E-state index contributed by atoms with van der Waals surface area (Å²) in [5.74, 6) is -2.14. The molecule has 0 unspecified atom stereocenters. The van der Waals surface area contributed by atoms with Crippen LogP contribution in [-0.4, -0.2) is 31.4 Å². The van der Waals surface area contributed by atoms with Crippen LogP contribution in [0.15, 0.2) is 35.5 Å². The zero-order chi connectivity index (χ0) is 19.7. The van der Waals surface area contributed by atoms with E-state index in [2.05, 4.69) is 9.47 Å².